The van der Waals surface area contributed by atoms with Gasteiger partial charge in [0, 0.05) is 17.1 Å². The van der Waals surface area contributed by atoms with E-state index in [1.54, 1.807) is 11.8 Å². The highest BCUT2D eigenvalue weighted by Crippen LogP contribution is 2.39. The van der Waals surface area contributed by atoms with Crippen LogP contribution < -0.4 is 5.32 Å². The fourth-order valence-electron chi connectivity index (χ4n) is 2.26. The van der Waals surface area contributed by atoms with Crippen LogP contribution in [0.3, 0.4) is 0 Å². The second-order valence-corrected chi connectivity index (χ2v) is 5.98. The van der Waals surface area contributed by atoms with Gasteiger partial charge in [0.2, 0.25) is 0 Å². The number of nitrogens with one attached hydrogen (secondary N) is 1. The van der Waals surface area contributed by atoms with Crippen LogP contribution in [0.4, 0.5) is 5.69 Å². The Morgan fingerprint density at radius 2 is 1.89 bits per heavy atom. The van der Waals surface area contributed by atoms with Gasteiger partial charge in [0.05, 0.1) is 0 Å². The molecule has 1 N–H and O–H groups in total. The van der Waals surface area contributed by atoms with Crippen molar-refractivity contribution in [2.75, 3.05) is 11.6 Å². The molecule has 0 amide bonds. The zero-order valence-corrected chi connectivity index (χ0v) is 12.0. The van der Waals surface area contributed by atoms with E-state index in [0.29, 0.717) is 0 Å². The third kappa shape index (κ3) is 3.32. The molecule has 0 aromatic heterocycles. The van der Waals surface area contributed by atoms with Gasteiger partial charge in [-0.3, -0.25) is 0 Å². The molecule has 98 valence electrons. The lowest BCUT2D eigenvalue weighted by molar-refractivity contribution is 1.10. The maximum Gasteiger partial charge on any atom is 0.0400 e. The Balaban J connectivity index is 1.61. The van der Waals surface area contributed by atoms with Gasteiger partial charge in [0.25, 0.3) is 0 Å². The topological polar surface area (TPSA) is 12.0 Å². The summed E-state index contributed by atoms with van der Waals surface area (Å²) in [5, 5.41) is 3.49. The molecule has 1 nitrogen and oxygen atoms in total. The summed E-state index contributed by atoms with van der Waals surface area (Å²) in [4.78, 5) is 1.30. The molecule has 0 unspecified atom stereocenters. The van der Waals surface area contributed by atoms with Crippen molar-refractivity contribution >= 4 is 17.4 Å². The molecule has 1 fully saturated rings. The summed E-state index contributed by atoms with van der Waals surface area (Å²) < 4.78 is 0. The summed E-state index contributed by atoms with van der Waals surface area (Å²) in [6.07, 6.45) is 4.86. The lowest BCUT2D eigenvalue weighted by Gasteiger charge is -2.08. The third-order valence-electron chi connectivity index (χ3n) is 3.59. The van der Waals surface area contributed by atoms with E-state index in [0.717, 1.165) is 12.5 Å². The summed E-state index contributed by atoms with van der Waals surface area (Å²) in [7, 11) is 0. The predicted octanol–water partition coefficient (Wildman–Crippen LogP) is 4.90. The Morgan fingerprint density at radius 1 is 1.11 bits per heavy atom. The zero-order valence-electron chi connectivity index (χ0n) is 11.2. The van der Waals surface area contributed by atoms with Gasteiger partial charge in [-0.2, -0.15) is 0 Å². The smallest absolute Gasteiger partial charge is 0.0400 e. The Kier molecular flexibility index (Phi) is 3.79. The van der Waals surface area contributed by atoms with Crippen molar-refractivity contribution in [2.24, 2.45) is 0 Å². The van der Waals surface area contributed by atoms with E-state index >= 15 is 0 Å². The molecule has 2 aromatic rings. The molecule has 0 atom stereocenters. The molecular weight excluding hydrogens is 250 g/mol. The van der Waals surface area contributed by atoms with E-state index < -0.39 is 0 Å². The Bertz CT molecular complexity index is 543. The Hall–Kier alpha value is -1.41. The average Bonchev–Trinajstić information content (AvgIpc) is 3.31. The second-order valence-electron chi connectivity index (χ2n) is 5.10. The zero-order chi connectivity index (χ0) is 13.1. The second kappa shape index (κ2) is 5.70. The van der Waals surface area contributed by atoms with Crippen LogP contribution in [0.5, 0.6) is 0 Å². The molecule has 0 radical (unpaired) electrons. The van der Waals surface area contributed by atoms with Crippen LogP contribution in [-0.4, -0.2) is 6.26 Å². The van der Waals surface area contributed by atoms with Crippen molar-refractivity contribution in [3.05, 3.63) is 59.7 Å². The van der Waals surface area contributed by atoms with Crippen molar-refractivity contribution in [1.82, 2.24) is 0 Å². The van der Waals surface area contributed by atoms with Crippen LogP contribution in [0, 0.1) is 0 Å². The average molecular weight is 269 g/mol. The van der Waals surface area contributed by atoms with Crippen LogP contribution in [0.1, 0.15) is 29.9 Å². The van der Waals surface area contributed by atoms with Crippen molar-refractivity contribution in [2.45, 2.75) is 30.2 Å². The number of hydrogen-bond donors (Lipinski definition) is 1. The largest absolute Gasteiger partial charge is 0.381 e. The van der Waals surface area contributed by atoms with Crippen LogP contribution in [0.25, 0.3) is 0 Å². The number of thioether (sulfide) groups is 1. The Labute approximate surface area is 119 Å². The van der Waals surface area contributed by atoms with Gasteiger partial charge in [-0.1, -0.05) is 30.3 Å². The first kappa shape index (κ1) is 12.6. The highest BCUT2D eigenvalue weighted by Gasteiger charge is 2.22. The van der Waals surface area contributed by atoms with E-state index in [1.807, 2.05) is 0 Å². The fourth-order valence-corrected chi connectivity index (χ4v) is 2.72. The quantitative estimate of drug-likeness (QED) is 0.775. The van der Waals surface area contributed by atoms with E-state index in [-0.39, 0.29) is 0 Å². The normalized spacial score (nSPS) is 14.4. The molecule has 0 bridgehead atoms. The summed E-state index contributed by atoms with van der Waals surface area (Å²) in [5.41, 5.74) is 4.05. The molecule has 2 heteroatoms. The summed E-state index contributed by atoms with van der Waals surface area (Å²) in [6, 6.07) is 17.6. The van der Waals surface area contributed by atoms with Gasteiger partial charge < -0.3 is 5.32 Å². The molecule has 0 aliphatic heterocycles. The van der Waals surface area contributed by atoms with Crippen molar-refractivity contribution in [3.63, 3.8) is 0 Å². The lowest BCUT2D eigenvalue weighted by Crippen LogP contribution is -1.99. The maximum atomic E-state index is 3.49. The van der Waals surface area contributed by atoms with Gasteiger partial charge in [0.15, 0.2) is 0 Å². The van der Waals surface area contributed by atoms with E-state index in [1.165, 1.54) is 34.6 Å². The summed E-state index contributed by atoms with van der Waals surface area (Å²) in [6.45, 7) is 0.892. The van der Waals surface area contributed by atoms with Gasteiger partial charge >= 0.3 is 0 Å². The first-order chi connectivity index (χ1) is 9.35. The number of rotatable bonds is 5. The molecular formula is C17H19NS. The number of hydrogen-bond acceptors (Lipinski definition) is 2. The standard InChI is InChI=1S/C17H19NS/c1-19-17-4-2-3-16(11-17)18-12-13-5-7-14(8-6-13)15-9-10-15/h2-8,11,15,18H,9-10,12H2,1H3. The number of benzene rings is 2. The van der Waals surface area contributed by atoms with Crippen molar-refractivity contribution in [1.29, 1.82) is 0 Å². The van der Waals surface area contributed by atoms with Gasteiger partial charge in [-0.05, 0) is 54.3 Å². The van der Waals surface area contributed by atoms with Crippen molar-refractivity contribution in [3.8, 4) is 0 Å². The predicted molar refractivity (Wildman–Crippen MR) is 84.0 cm³/mol. The van der Waals surface area contributed by atoms with Crippen molar-refractivity contribution < 1.29 is 0 Å². The van der Waals surface area contributed by atoms with E-state index in [9.17, 15) is 0 Å². The van der Waals surface area contributed by atoms with Crippen LogP contribution in [0.2, 0.25) is 0 Å². The van der Waals surface area contributed by atoms with Gasteiger partial charge in [-0.25, -0.2) is 0 Å². The highest BCUT2D eigenvalue weighted by atomic mass is 32.2. The van der Waals surface area contributed by atoms with Gasteiger partial charge in [0.1, 0.15) is 0 Å². The van der Waals surface area contributed by atoms with Crippen LogP contribution in [-0.2, 0) is 6.54 Å². The molecule has 2 aromatic carbocycles. The minimum Gasteiger partial charge on any atom is -0.381 e. The SMILES string of the molecule is CSc1cccc(NCc2ccc(C3CC3)cc2)c1. The lowest BCUT2D eigenvalue weighted by atomic mass is 10.1. The van der Waals surface area contributed by atoms with E-state index in [4.69, 9.17) is 0 Å². The van der Waals surface area contributed by atoms with Crippen LogP contribution >= 0.6 is 11.8 Å². The highest BCUT2D eigenvalue weighted by molar-refractivity contribution is 7.98. The third-order valence-corrected chi connectivity index (χ3v) is 4.32. The fraction of sp³-hybridized carbons (Fsp3) is 0.294. The summed E-state index contributed by atoms with van der Waals surface area (Å²) >= 11 is 1.78. The summed E-state index contributed by atoms with van der Waals surface area (Å²) in [5.74, 6) is 0.847. The number of anilines is 1. The monoisotopic (exact) mass is 269 g/mol. The molecule has 1 aliphatic carbocycles. The molecule has 3 rings (SSSR count). The first-order valence-electron chi connectivity index (χ1n) is 6.82. The van der Waals surface area contributed by atoms with E-state index in [2.05, 4.69) is 60.1 Å². The molecule has 0 heterocycles. The molecule has 1 saturated carbocycles. The minimum absolute atomic E-state index is 0.847. The molecule has 0 saturated heterocycles. The van der Waals surface area contributed by atoms with Crippen LogP contribution in [0.15, 0.2) is 53.4 Å². The molecule has 19 heavy (non-hydrogen) atoms. The minimum atomic E-state index is 0.847. The van der Waals surface area contributed by atoms with Gasteiger partial charge in [-0.15, -0.1) is 11.8 Å². The Morgan fingerprint density at radius 3 is 2.58 bits per heavy atom. The first-order valence-corrected chi connectivity index (χ1v) is 8.04. The molecule has 1 aliphatic rings. The maximum absolute atomic E-state index is 3.49. The molecule has 0 spiro atoms.